The number of para-hydroxylation sites is 1. The van der Waals surface area contributed by atoms with Gasteiger partial charge in [0.05, 0.1) is 28.1 Å². The van der Waals surface area contributed by atoms with Crippen LogP contribution in [0.25, 0.3) is 61.3 Å². The molecule has 0 saturated carbocycles. The second-order valence-corrected chi connectivity index (χ2v) is 15.2. The molecule has 12 rings (SSSR count). The van der Waals surface area contributed by atoms with E-state index in [4.69, 9.17) is 9.97 Å². The van der Waals surface area contributed by atoms with Crippen LogP contribution in [0.1, 0.15) is 45.0 Å². The first-order valence-electron chi connectivity index (χ1n) is 19.7. The van der Waals surface area contributed by atoms with E-state index in [1.54, 1.807) is 0 Å². The standard InChI is InChI=1S/C54H35N3/c1-4-18-35(19-5-1)53-55-48(52-42-28-12-10-24-38(42)39-25-11-13-29-43(39)52)34-51(56-53)57-49-31-17-15-27-41(49)45-32-44-40-26-14-16-30-46(40)54(47(44)33-50(45)57,36-20-6-2-7-21-36)37-22-8-3-9-23-37/h1-34,52H. The van der Waals surface area contributed by atoms with Crippen LogP contribution in [0.2, 0.25) is 0 Å². The molecule has 0 aliphatic heterocycles. The first-order valence-corrected chi connectivity index (χ1v) is 19.7. The molecule has 0 saturated heterocycles. The van der Waals surface area contributed by atoms with Gasteiger partial charge in [-0.2, -0.15) is 0 Å². The Morgan fingerprint density at radius 3 is 1.65 bits per heavy atom. The lowest BCUT2D eigenvalue weighted by molar-refractivity contribution is 0.769. The van der Waals surface area contributed by atoms with E-state index in [0.29, 0.717) is 5.82 Å². The van der Waals surface area contributed by atoms with Gasteiger partial charge < -0.3 is 0 Å². The monoisotopic (exact) mass is 725 g/mol. The van der Waals surface area contributed by atoms with Crippen LogP contribution in [-0.4, -0.2) is 14.5 Å². The quantitative estimate of drug-likeness (QED) is 0.177. The largest absolute Gasteiger partial charge is 0.294 e. The molecular formula is C54H35N3. The summed E-state index contributed by atoms with van der Waals surface area (Å²) < 4.78 is 2.39. The highest BCUT2D eigenvalue weighted by Gasteiger charge is 2.46. The molecule has 0 N–H and O–H groups in total. The Hall–Kier alpha value is -7.36. The molecule has 0 fully saturated rings. The number of aromatic nitrogens is 3. The van der Waals surface area contributed by atoms with Gasteiger partial charge in [0, 0.05) is 22.4 Å². The minimum Gasteiger partial charge on any atom is -0.294 e. The van der Waals surface area contributed by atoms with Gasteiger partial charge >= 0.3 is 0 Å². The topological polar surface area (TPSA) is 30.7 Å². The van der Waals surface area contributed by atoms with Crippen LogP contribution in [0.4, 0.5) is 0 Å². The van der Waals surface area contributed by atoms with Gasteiger partial charge in [-0.15, -0.1) is 0 Å². The Balaban J connectivity index is 1.19. The van der Waals surface area contributed by atoms with Crippen molar-refractivity contribution >= 4 is 21.8 Å². The molecule has 3 nitrogen and oxygen atoms in total. The lowest BCUT2D eigenvalue weighted by Crippen LogP contribution is -2.28. The molecule has 0 bridgehead atoms. The van der Waals surface area contributed by atoms with E-state index in [1.807, 2.05) is 0 Å². The number of hydrogen-bond acceptors (Lipinski definition) is 2. The molecule has 10 aromatic rings. The normalized spacial score (nSPS) is 13.7. The van der Waals surface area contributed by atoms with Crippen molar-refractivity contribution < 1.29 is 0 Å². The van der Waals surface area contributed by atoms with E-state index in [-0.39, 0.29) is 5.92 Å². The maximum Gasteiger partial charge on any atom is 0.161 e. The Labute approximate surface area is 331 Å². The zero-order valence-electron chi connectivity index (χ0n) is 31.0. The molecule has 0 radical (unpaired) electrons. The molecular weight excluding hydrogens is 691 g/mol. The Morgan fingerprint density at radius 1 is 0.404 bits per heavy atom. The first kappa shape index (κ1) is 31.9. The van der Waals surface area contributed by atoms with Gasteiger partial charge in [0.1, 0.15) is 5.82 Å². The van der Waals surface area contributed by atoms with Crippen molar-refractivity contribution in [3.63, 3.8) is 0 Å². The van der Waals surface area contributed by atoms with Crippen LogP contribution in [0.15, 0.2) is 206 Å². The van der Waals surface area contributed by atoms with Crippen LogP contribution < -0.4 is 0 Å². The average molecular weight is 726 g/mol. The third kappa shape index (κ3) is 4.54. The van der Waals surface area contributed by atoms with Crippen LogP contribution in [0, 0.1) is 0 Å². The summed E-state index contributed by atoms with van der Waals surface area (Å²) >= 11 is 0. The summed E-state index contributed by atoms with van der Waals surface area (Å²) in [5.41, 5.74) is 16.4. The summed E-state index contributed by atoms with van der Waals surface area (Å²) in [5.74, 6) is 1.54. The SMILES string of the molecule is c1ccc(-c2nc(C3c4ccccc4-c4ccccc43)cc(-n3c4ccccc4c4cc5c(cc43)C(c3ccccc3)(c3ccccc3)c3ccccc3-5)n2)cc1. The van der Waals surface area contributed by atoms with E-state index in [1.165, 1.54) is 66.4 Å². The second kappa shape index (κ2) is 12.3. The minimum atomic E-state index is -0.521. The summed E-state index contributed by atoms with van der Waals surface area (Å²) in [6.07, 6.45) is 0. The molecule has 0 atom stereocenters. The Bertz CT molecular complexity index is 3100. The van der Waals surface area contributed by atoms with Crippen LogP contribution in [-0.2, 0) is 5.41 Å². The zero-order chi connectivity index (χ0) is 37.5. The van der Waals surface area contributed by atoms with Crippen molar-refractivity contribution in [1.82, 2.24) is 14.5 Å². The van der Waals surface area contributed by atoms with Gasteiger partial charge in [-0.05, 0) is 73.8 Å². The molecule has 0 spiro atoms. The van der Waals surface area contributed by atoms with E-state index in [0.717, 1.165) is 28.1 Å². The molecule has 0 amide bonds. The maximum absolute atomic E-state index is 5.47. The highest BCUT2D eigenvalue weighted by atomic mass is 15.1. The number of hydrogen-bond donors (Lipinski definition) is 0. The predicted octanol–water partition coefficient (Wildman–Crippen LogP) is 12.8. The smallest absolute Gasteiger partial charge is 0.161 e. The third-order valence-corrected chi connectivity index (χ3v) is 12.4. The minimum absolute atomic E-state index is 0.0303. The zero-order valence-corrected chi connectivity index (χ0v) is 31.0. The highest BCUT2D eigenvalue weighted by molar-refractivity contribution is 6.12. The number of fused-ring (bicyclic) bond motifs is 9. The van der Waals surface area contributed by atoms with Crippen LogP contribution >= 0.6 is 0 Å². The van der Waals surface area contributed by atoms with Crippen molar-refractivity contribution in [3.8, 4) is 39.5 Å². The molecule has 8 aromatic carbocycles. The van der Waals surface area contributed by atoms with Gasteiger partial charge in [-0.25, -0.2) is 9.97 Å². The fourth-order valence-electron chi connectivity index (χ4n) is 10.1. The lowest BCUT2D eigenvalue weighted by Gasteiger charge is -2.34. The van der Waals surface area contributed by atoms with Crippen molar-refractivity contribution in [2.24, 2.45) is 0 Å². The molecule has 2 heterocycles. The van der Waals surface area contributed by atoms with Crippen LogP contribution in [0.5, 0.6) is 0 Å². The molecule has 2 aliphatic rings. The van der Waals surface area contributed by atoms with Gasteiger partial charge in [0.15, 0.2) is 5.82 Å². The molecule has 3 heteroatoms. The van der Waals surface area contributed by atoms with Gasteiger partial charge in [-0.1, -0.05) is 182 Å². The molecule has 2 aromatic heterocycles. The fraction of sp³-hybridized carbons (Fsp3) is 0.0370. The summed E-state index contributed by atoms with van der Waals surface area (Å²) in [6, 6.07) is 75.0. The van der Waals surface area contributed by atoms with Crippen molar-refractivity contribution in [1.29, 1.82) is 0 Å². The fourth-order valence-corrected chi connectivity index (χ4v) is 10.1. The van der Waals surface area contributed by atoms with Crippen molar-refractivity contribution in [2.75, 3.05) is 0 Å². The summed E-state index contributed by atoms with van der Waals surface area (Å²) in [7, 11) is 0. The van der Waals surface area contributed by atoms with E-state index >= 15 is 0 Å². The predicted molar refractivity (Wildman–Crippen MR) is 232 cm³/mol. The first-order chi connectivity index (χ1) is 28.3. The molecule has 0 unspecified atom stereocenters. The number of benzene rings is 8. The molecule has 266 valence electrons. The van der Waals surface area contributed by atoms with Crippen LogP contribution in [0.3, 0.4) is 0 Å². The average Bonchev–Trinajstić information content (AvgIpc) is 3.90. The van der Waals surface area contributed by atoms with E-state index in [9.17, 15) is 0 Å². The maximum atomic E-state index is 5.47. The molecule has 2 aliphatic carbocycles. The van der Waals surface area contributed by atoms with Crippen molar-refractivity contribution in [2.45, 2.75) is 11.3 Å². The van der Waals surface area contributed by atoms with Gasteiger partial charge in [-0.3, -0.25) is 4.57 Å². The Kier molecular flexibility index (Phi) is 6.91. The number of nitrogens with zero attached hydrogens (tertiary/aromatic N) is 3. The lowest BCUT2D eigenvalue weighted by atomic mass is 9.67. The van der Waals surface area contributed by atoms with Crippen molar-refractivity contribution in [3.05, 3.63) is 245 Å². The highest BCUT2D eigenvalue weighted by Crippen LogP contribution is 2.57. The summed E-state index contributed by atoms with van der Waals surface area (Å²) in [6.45, 7) is 0. The molecule has 57 heavy (non-hydrogen) atoms. The van der Waals surface area contributed by atoms with Gasteiger partial charge in [0.25, 0.3) is 0 Å². The van der Waals surface area contributed by atoms with E-state index in [2.05, 4.69) is 211 Å². The van der Waals surface area contributed by atoms with Gasteiger partial charge in [0.2, 0.25) is 0 Å². The third-order valence-electron chi connectivity index (χ3n) is 12.4. The summed E-state index contributed by atoms with van der Waals surface area (Å²) in [5, 5.41) is 2.40. The van der Waals surface area contributed by atoms with E-state index < -0.39 is 5.41 Å². The summed E-state index contributed by atoms with van der Waals surface area (Å²) in [4.78, 5) is 10.9. The Morgan fingerprint density at radius 2 is 0.965 bits per heavy atom. The number of rotatable bonds is 5. The second-order valence-electron chi connectivity index (χ2n) is 15.2.